The van der Waals surface area contributed by atoms with Gasteiger partial charge >= 0.3 is 0 Å². The van der Waals surface area contributed by atoms with Crippen molar-refractivity contribution in [3.63, 3.8) is 0 Å². The van der Waals surface area contributed by atoms with Crippen molar-refractivity contribution in [2.45, 2.75) is 0 Å². The fourth-order valence-electron chi connectivity index (χ4n) is 7.11. The van der Waals surface area contributed by atoms with Gasteiger partial charge < -0.3 is 4.90 Å². The second-order valence-electron chi connectivity index (χ2n) is 12.4. The molecule has 9 rings (SSSR count). The highest BCUT2D eigenvalue weighted by atomic mass is 15.1. The number of hydrogen-bond acceptors (Lipinski definition) is 4. The molecule has 1 aliphatic heterocycles. The quantitative estimate of drug-likeness (QED) is 0.171. The lowest BCUT2D eigenvalue weighted by molar-refractivity contribution is 1.07. The van der Waals surface area contributed by atoms with Crippen LogP contribution in [0.5, 0.6) is 0 Å². The largest absolute Gasteiger partial charge is 0.312 e. The summed E-state index contributed by atoms with van der Waals surface area (Å²) >= 11 is 0. The van der Waals surface area contributed by atoms with Crippen molar-refractivity contribution >= 4 is 40.2 Å². The first-order valence-electron chi connectivity index (χ1n) is 16.9. The van der Waals surface area contributed by atoms with Gasteiger partial charge in [0.1, 0.15) is 0 Å². The number of hydrogen-bond donors (Lipinski definition) is 0. The summed E-state index contributed by atoms with van der Waals surface area (Å²) in [6.45, 7) is 0.0565. The molecule has 0 amide bonds. The Bertz CT molecular complexity index is 2380. The zero-order valence-corrected chi connectivity index (χ0v) is 27.3. The van der Waals surface area contributed by atoms with Crippen LogP contribution >= 0.6 is 0 Å². The molecule has 0 atom stereocenters. The van der Waals surface area contributed by atoms with E-state index < -0.39 is 0 Å². The molecule has 5 heteroatoms. The molecule has 0 saturated carbocycles. The summed E-state index contributed by atoms with van der Waals surface area (Å²) in [5.74, 6) is 1.93. The zero-order valence-electron chi connectivity index (χ0n) is 27.3. The van der Waals surface area contributed by atoms with Crippen LogP contribution in [0, 0.1) is 0 Å². The molecule has 0 fully saturated rings. The highest BCUT2D eigenvalue weighted by Crippen LogP contribution is 2.38. The summed E-state index contributed by atoms with van der Waals surface area (Å²) in [5.41, 5.74) is 12.3. The fraction of sp³-hybridized carbons (Fsp3) is 0. The molecule has 0 bridgehead atoms. The minimum atomic E-state index is 0.0565. The van der Waals surface area contributed by atoms with Crippen molar-refractivity contribution in [3.8, 4) is 45.3 Å². The molecule has 1 aliphatic rings. The highest BCUT2D eigenvalue weighted by molar-refractivity contribution is 6.98. The summed E-state index contributed by atoms with van der Waals surface area (Å²) in [5, 5.41) is 0. The van der Waals surface area contributed by atoms with E-state index in [0.717, 1.165) is 33.5 Å². The van der Waals surface area contributed by atoms with E-state index in [1.165, 1.54) is 27.8 Å². The molecule has 7 aromatic carbocycles. The first kappa shape index (κ1) is 29.5. The maximum Gasteiger partial charge on any atom is 0.246 e. The zero-order chi connectivity index (χ0) is 33.3. The summed E-state index contributed by atoms with van der Waals surface area (Å²) < 4.78 is 0. The van der Waals surface area contributed by atoms with Gasteiger partial charge in [0.2, 0.25) is 6.71 Å². The van der Waals surface area contributed by atoms with Gasteiger partial charge in [0.05, 0.1) is 0 Å². The standard InChI is InChI=1S/C45H31BN4/c1-5-17-32(18-6-1)43-47-44(33-19-7-2-8-20-33)49-45(48-43)38-26-14-13-25-37(38)34-29-30-42-40(31-34)46(35-21-9-3-10-22-35)39-27-15-16-28-41(39)50(42)36-23-11-4-12-24-36/h1-31H. The number of aromatic nitrogens is 3. The van der Waals surface area contributed by atoms with Gasteiger partial charge in [0.15, 0.2) is 17.5 Å². The number of fused-ring (bicyclic) bond motifs is 2. The fourth-order valence-corrected chi connectivity index (χ4v) is 7.11. The van der Waals surface area contributed by atoms with Crippen molar-refractivity contribution < 1.29 is 0 Å². The van der Waals surface area contributed by atoms with Gasteiger partial charge in [0, 0.05) is 33.8 Å². The molecule has 8 aromatic rings. The highest BCUT2D eigenvalue weighted by Gasteiger charge is 2.35. The Balaban J connectivity index is 1.25. The molecule has 50 heavy (non-hydrogen) atoms. The van der Waals surface area contributed by atoms with E-state index in [4.69, 9.17) is 15.0 Å². The van der Waals surface area contributed by atoms with E-state index in [1.807, 2.05) is 60.7 Å². The average molecular weight is 639 g/mol. The predicted octanol–water partition coefficient (Wildman–Crippen LogP) is 8.84. The van der Waals surface area contributed by atoms with Gasteiger partial charge in [-0.15, -0.1) is 0 Å². The van der Waals surface area contributed by atoms with Crippen LogP contribution in [0.2, 0.25) is 0 Å². The van der Waals surface area contributed by atoms with E-state index in [2.05, 4.69) is 132 Å². The maximum atomic E-state index is 5.09. The number of anilines is 3. The molecular weight excluding hydrogens is 607 g/mol. The topological polar surface area (TPSA) is 41.9 Å². The van der Waals surface area contributed by atoms with E-state index in [-0.39, 0.29) is 6.71 Å². The van der Waals surface area contributed by atoms with E-state index in [9.17, 15) is 0 Å². The van der Waals surface area contributed by atoms with Gasteiger partial charge in [-0.3, -0.25) is 0 Å². The average Bonchev–Trinajstić information content (AvgIpc) is 3.21. The third-order valence-electron chi connectivity index (χ3n) is 9.39. The number of rotatable bonds is 6. The number of para-hydroxylation sites is 2. The summed E-state index contributed by atoms with van der Waals surface area (Å²) in [7, 11) is 0. The van der Waals surface area contributed by atoms with Crippen LogP contribution in [0.25, 0.3) is 45.3 Å². The molecule has 234 valence electrons. The molecule has 4 nitrogen and oxygen atoms in total. The number of nitrogens with zero attached hydrogens (tertiary/aromatic N) is 4. The van der Waals surface area contributed by atoms with Crippen LogP contribution < -0.4 is 21.3 Å². The van der Waals surface area contributed by atoms with Crippen LogP contribution in [0.15, 0.2) is 188 Å². The van der Waals surface area contributed by atoms with Gasteiger partial charge in [-0.1, -0.05) is 169 Å². The Morgan fingerprint density at radius 2 is 0.860 bits per heavy atom. The van der Waals surface area contributed by atoms with E-state index >= 15 is 0 Å². The van der Waals surface area contributed by atoms with Gasteiger partial charge in [-0.2, -0.15) is 0 Å². The third-order valence-corrected chi connectivity index (χ3v) is 9.39. The molecule has 0 radical (unpaired) electrons. The lowest BCUT2D eigenvalue weighted by Gasteiger charge is -2.37. The Morgan fingerprint density at radius 1 is 0.360 bits per heavy atom. The lowest BCUT2D eigenvalue weighted by Crippen LogP contribution is -2.57. The second-order valence-corrected chi connectivity index (χ2v) is 12.4. The summed E-state index contributed by atoms with van der Waals surface area (Å²) in [6.07, 6.45) is 0. The molecule has 0 saturated heterocycles. The molecule has 1 aromatic heterocycles. The molecule has 2 heterocycles. The summed E-state index contributed by atoms with van der Waals surface area (Å²) in [6, 6.07) is 65.9. The predicted molar refractivity (Wildman–Crippen MR) is 207 cm³/mol. The van der Waals surface area contributed by atoms with Gasteiger partial charge in [-0.25, -0.2) is 15.0 Å². The van der Waals surface area contributed by atoms with Gasteiger partial charge in [0.25, 0.3) is 0 Å². The monoisotopic (exact) mass is 638 g/mol. The molecule has 0 N–H and O–H groups in total. The van der Waals surface area contributed by atoms with Crippen LogP contribution in [0.4, 0.5) is 17.1 Å². The van der Waals surface area contributed by atoms with Crippen molar-refractivity contribution in [3.05, 3.63) is 188 Å². The second kappa shape index (κ2) is 12.8. The Hall–Kier alpha value is -6.59. The van der Waals surface area contributed by atoms with Gasteiger partial charge in [-0.05, 0) is 46.3 Å². The van der Waals surface area contributed by atoms with Crippen LogP contribution in [-0.2, 0) is 0 Å². The summed E-state index contributed by atoms with van der Waals surface area (Å²) in [4.78, 5) is 17.5. The Labute approximate surface area is 292 Å². The van der Waals surface area contributed by atoms with Crippen molar-refractivity contribution in [1.82, 2.24) is 15.0 Å². The SMILES string of the molecule is c1ccc(B2c3ccccc3N(c3ccccc3)c3ccc(-c4ccccc4-c4nc(-c5ccccc5)nc(-c5ccccc5)n4)cc32)cc1. The van der Waals surface area contributed by atoms with E-state index in [1.54, 1.807) is 0 Å². The van der Waals surface area contributed by atoms with Crippen LogP contribution in [0.3, 0.4) is 0 Å². The van der Waals surface area contributed by atoms with Crippen LogP contribution in [-0.4, -0.2) is 21.7 Å². The Kier molecular flexibility index (Phi) is 7.56. The maximum absolute atomic E-state index is 5.09. The van der Waals surface area contributed by atoms with Crippen molar-refractivity contribution in [1.29, 1.82) is 0 Å². The number of benzene rings is 7. The minimum Gasteiger partial charge on any atom is -0.312 e. The normalized spacial score (nSPS) is 11.9. The first-order valence-corrected chi connectivity index (χ1v) is 16.9. The van der Waals surface area contributed by atoms with Crippen molar-refractivity contribution in [2.75, 3.05) is 4.90 Å². The van der Waals surface area contributed by atoms with Crippen molar-refractivity contribution in [2.24, 2.45) is 0 Å². The first-order chi connectivity index (χ1) is 24.8. The molecule has 0 unspecified atom stereocenters. The lowest BCUT2D eigenvalue weighted by atomic mass is 9.35. The van der Waals surface area contributed by atoms with E-state index in [0.29, 0.717) is 17.5 Å². The minimum absolute atomic E-state index is 0.0565. The Morgan fingerprint density at radius 3 is 1.52 bits per heavy atom. The molecular formula is C45H31BN4. The molecule has 0 aliphatic carbocycles. The molecule has 0 spiro atoms. The van der Waals surface area contributed by atoms with Crippen LogP contribution in [0.1, 0.15) is 0 Å². The smallest absolute Gasteiger partial charge is 0.246 e. The third kappa shape index (κ3) is 5.35.